The Balaban J connectivity index is 0.000000277. The van der Waals surface area contributed by atoms with E-state index in [0.29, 0.717) is 0 Å². The lowest BCUT2D eigenvalue weighted by Gasteiger charge is -2.27. The quantitative estimate of drug-likeness (QED) is 0.830. The van der Waals surface area contributed by atoms with Gasteiger partial charge in [0.15, 0.2) is 0 Å². The van der Waals surface area contributed by atoms with Crippen molar-refractivity contribution in [3.8, 4) is 0 Å². The SMILES string of the molecule is O=C(O)C(F)(F)F.O=C1CCC2(CCCN(Cc3ccsc3)CC2)N1. The number of rotatable bonds is 2. The Bertz CT molecular complexity index is 592. The summed E-state index contributed by atoms with van der Waals surface area (Å²) in [7, 11) is 0. The van der Waals surface area contributed by atoms with Crippen molar-refractivity contribution in [1.82, 2.24) is 10.2 Å². The summed E-state index contributed by atoms with van der Waals surface area (Å²) >= 11 is 1.77. The van der Waals surface area contributed by atoms with Crippen molar-refractivity contribution in [3.63, 3.8) is 0 Å². The molecule has 2 aliphatic rings. The first-order valence-electron chi connectivity index (χ1n) is 8.05. The molecule has 1 atom stereocenters. The molecule has 0 saturated carbocycles. The van der Waals surface area contributed by atoms with E-state index in [4.69, 9.17) is 9.90 Å². The fraction of sp³-hybridized carbons (Fsp3) is 0.625. The highest BCUT2D eigenvalue weighted by Crippen LogP contribution is 2.31. The number of carbonyl (C=O) groups is 2. The number of alkyl halides is 3. The Kier molecular flexibility index (Phi) is 6.45. The van der Waals surface area contributed by atoms with Crippen LogP contribution in [0.5, 0.6) is 0 Å². The van der Waals surface area contributed by atoms with Crippen LogP contribution in [0.2, 0.25) is 0 Å². The molecule has 0 aromatic carbocycles. The van der Waals surface area contributed by atoms with E-state index in [9.17, 15) is 18.0 Å². The third-order valence-electron chi connectivity index (χ3n) is 4.50. The van der Waals surface area contributed by atoms with Crippen LogP contribution in [0.4, 0.5) is 13.2 Å². The summed E-state index contributed by atoms with van der Waals surface area (Å²) < 4.78 is 31.7. The van der Waals surface area contributed by atoms with Gasteiger partial charge in [-0.05, 0) is 54.6 Å². The van der Waals surface area contributed by atoms with Gasteiger partial charge in [0.1, 0.15) is 0 Å². The number of likely N-dealkylation sites (tertiary alicyclic amines) is 1. The number of carboxylic acid groups (broad SMARTS) is 1. The van der Waals surface area contributed by atoms with Crippen LogP contribution in [0.15, 0.2) is 16.8 Å². The molecule has 9 heteroatoms. The van der Waals surface area contributed by atoms with Crippen molar-refractivity contribution in [2.75, 3.05) is 13.1 Å². The molecule has 140 valence electrons. The third-order valence-corrected chi connectivity index (χ3v) is 5.23. The number of carbonyl (C=O) groups excluding carboxylic acids is 1. The van der Waals surface area contributed by atoms with Gasteiger partial charge in [-0.2, -0.15) is 24.5 Å². The second kappa shape index (κ2) is 8.18. The molecule has 2 saturated heterocycles. The van der Waals surface area contributed by atoms with E-state index < -0.39 is 12.1 Å². The largest absolute Gasteiger partial charge is 0.490 e. The molecule has 0 radical (unpaired) electrons. The number of nitrogens with zero attached hydrogens (tertiary/aromatic N) is 1. The molecule has 1 unspecified atom stereocenters. The Hall–Kier alpha value is -1.61. The van der Waals surface area contributed by atoms with E-state index in [0.717, 1.165) is 45.3 Å². The molecule has 3 rings (SSSR count). The molecule has 3 heterocycles. The van der Waals surface area contributed by atoms with Gasteiger partial charge in [-0.25, -0.2) is 4.79 Å². The maximum atomic E-state index is 11.4. The first kappa shape index (κ1) is 19.7. The minimum atomic E-state index is -5.08. The maximum Gasteiger partial charge on any atom is 0.490 e. The predicted molar refractivity (Wildman–Crippen MR) is 87.2 cm³/mol. The van der Waals surface area contributed by atoms with Gasteiger partial charge in [-0.1, -0.05) is 0 Å². The Morgan fingerprint density at radius 2 is 2.04 bits per heavy atom. The second-order valence-corrected chi connectivity index (χ2v) is 7.17. The highest BCUT2D eigenvalue weighted by atomic mass is 32.1. The maximum absolute atomic E-state index is 11.4. The van der Waals surface area contributed by atoms with Crippen LogP contribution in [0.25, 0.3) is 0 Å². The first-order valence-corrected chi connectivity index (χ1v) is 8.99. The average molecular weight is 378 g/mol. The lowest BCUT2D eigenvalue weighted by Crippen LogP contribution is -2.42. The topological polar surface area (TPSA) is 69.6 Å². The Morgan fingerprint density at radius 1 is 1.32 bits per heavy atom. The van der Waals surface area contributed by atoms with Gasteiger partial charge >= 0.3 is 12.1 Å². The van der Waals surface area contributed by atoms with Crippen LogP contribution < -0.4 is 5.32 Å². The second-order valence-electron chi connectivity index (χ2n) is 6.39. The van der Waals surface area contributed by atoms with Gasteiger partial charge in [-0.3, -0.25) is 9.69 Å². The van der Waals surface area contributed by atoms with Crippen LogP contribution in [-0.2, 0) is 16.1 Å². The van der Waals surface area contributed by atoms with E-state index in [1.165, 1.54) is 12.0 Å². The predicted octanol–water partition coefficient (Wildman–Crippen LogP) is 3.02. The van der Waals surface area contributed by atoms with Crippen LogP contribution in [-0.4, -0.2) is 46.7 Å². The lowest BCUT2D eigenvalue weighted by molar-refractivity contribution is -0.192. The molecule has 2 N–H and O–H groups in total. The van der Waals surface area contributed by atoms with E-state index in [2.05, 4.69) is 27.0 Å². The molecule has 2 fully saturated rings. The molecule has 25 heavy (non-hydrogen) atoms. The Morgan fingerprint density at radius 3 is 2.56 bits per heavy atom. The summed E-state index contributed by atoms with van der Waals surface area (Å²) in [6, 6.07) is 2.21. The van der Waals surface area contributed by atoms with Gasteiger partial charge in [0.2, 0.25) is 5.91 Å². The van der Waals surface area contributed by atoms with Crippen LogP contribution in [0.1, 0.15) is 37.7 Å². The molecule has 1 aromatic heterocycles. The molecule has 5 nitrogen and oxygen atoms in total. The molecule has 1 aromatic rings. The van der Waals surface area contributed by atoms with Crippen molar-refractivity contribution in [2.45, 2.75) is 50.4 Å². The summed E-state index contributed by atoms with van der Waals surface area (Å²) in [4.78, 5) is 22.9. The van der Waals surface area contributed by atoms with E-state index in [-0.39, 0.29) is 11.4 Å². The smallest absolute Gasteiger partial charge is 0.475 e. The van der Waals surface area contributed by atoms with Crippen LogP contribution in [0.3, 0.4) is 0 Å². The van der Waals surface area contributed by atoms with Gasteiger partial charge in [0, 0.05) is 25.0 Å². The van der Waals surface area contributed by atoms with E-state index in [1.807, 2.05) is 0 Å². The monoisotopic (exact) mass is 378 g/mol. The standard InChI is InChI=1S/C14H20N2OS.C2HF3O2/c17-13-2-5-14(15-13)4-1-7-16(8-6-14)10-12-3-9-18-11-12;3-2(4,5)1(6)7/h3,9,11H,1-2,4-8,10H2,(H,15,17);(H,6,7). The summed E-state index contributed by atoms with van der Waals surface area (Å²) in [5, 5.41) is 14.7. The number of thiophene rings is 1. The van der Waals surface area contributed by atoms with E-state index in [1.54, 1.807) is 11.3 Å². The zero-order chi connectivity index (χ0) is 18.5. The first-order chi connectivity index (χ1) is 11.7. The Labute approximate surface area is 147 Å². The molecule has 2 aliphatic heterocycles. The summed E-state index contributed by atoms with van der Waals surface area (Å²) in [5.74, 6) is -2.51. The number of hydrogen-bond donors (Lipinski definition) is 2. The van der Waals surface area contributed by atoms with Gasteiger partial charge in [0.25, 0.3) is 0 Å². The zero-order valence-corrected chi connectivity index (χ0v) is 14.5. The zero-order valence-electron chi connectivity index (χ0n) is 13.6. The van der Waals surface area contributed by atoms with Gasteiger partial charge < -0.3 is 10.4 Å². The van der Waals surface area contributed by atoms with Crippen molar-refractivity contribution >= 4 is 23.2 Å². The molecule has 0 aliphatic carbocycles. The van der Waals surface area contributed by atoms with Crippen molar-refractivity contribution < 1.29 is 27.9 Å². The normalized spacial score (nSPS) is 24.4. The lowest BCUT2D eigenvalue weighted by atomic mass is 9.89. The number of nitrogens with one attached hydrogen (secondary N) is 1. The average Bonchev–Trinajstić information content (AvgIpc) is 3.10. The third kappa shape index (κ3) is 6.00. The van der Waals surface area contributed by atoms with Crippen LogP contribution >= 0.6 is 11.3 Å². The van der Waals surface area contributed by atoms with E-state index >= 15 is 0 Å². The highest BCUT2D eigenvalue weighted by Gasteiger charge is 2.39. The number of hydrogen-bond acceptors (Lipinski definition) is 4. The molecule has 1 amide bonds. The summed E-state index contributed by atoms with van der Waals surface area (Å²) in [5.41, 5.74) is 1.55. The van der Waals surface area contributed by atoms with Crippen molar-refractivity contribution in [1.29, 1.82) is 0 Å². The number of aliphatic carboxylic acids is 1. The van der Waals surface area contributed by atoms with Crippen molar-refractivity contribution in [2.24, 2.45) is 0 Å². The number of carboxylic acids is 1. The fourth-order valence-corrected chi connectivity index (χ4v) is 3.86. The molecular weight excluding hydrogens is 357 g/mol. The summed E-state index contributed by atoms with van der Waals surface area (Å²) in [6.45, 7) is 3.33. The molecule has 0 bridgehead atoms. The molecular formula is C16H21F3N2O3S. The van der Waals surface area contributed by atoms with Gasteiger partial charge in [-0.15, -0.1) is 0 Å². The highest BCUT2D eigenvalue weighted by molar-refractivity contribution is 7.07. The van der Waals surface area contributed by atoms with Crippen molar-refractivity contribution in [3.05, 3.63) is 22.4 Å². The molecule has 1 spiro atoms. The fourth-order valence-electron chi connectivity index (χ4n) is 3.20. The minimum absolute atomic E-state index is 0.125. The minimum Gasteiger partial charge on any atom is -0.475 e. The van der Waals surface area contributed by atoms with Crippen LogP contribution in [0, 0.1) is 0 Å². The summed E-state index contributed by atoms with van der Waals surface area (Å²) in [6.07, 6.45) is 0.148. The van der Waals surface area contributed by atoms with Gasteiger partial charge in [0.05, 0.1) is 0 Å². The number of halogens is 3. The number of amides is 1.